The number of nitrogens with zero attached hydrogens (tertiary/aromatic N) is 3. The molecule has 0 aliphatic carbocycles. The second-order valence-electron chi connectivity index (χ2n) is 10.6. The predicted molar refractivity (Wildman–Crippen MR) is 141 cm³/mol. The zero-order valence-corrected chi connectivity index (χ0v) is 24.1. The van der Waals surface area contributed by atoms with Gasteiger partial charge in [0.05, 0.1) is 5.54 Å². The molecule has 2 N–H and O–H groups in total. The molecule has 4 unspecified atom stereocenters. The number of carbonyl (C=O) groups is 4. The van der Waals surface area contributed by atoms with Crippen LogP contribution in [0, 0.1) is 11.8 Å². The van der Waals surface area contributed by atoms with Crippen molar-refractivity contribution in [3.63, 3.8) is 0 Å². The SMILES string of the molecule is CCC(C)C(NC(=O)[C@@]1(C)CCCN1C)C(=O)N(C)C(CC(OC(C)=O)c1nc(C(=O)O)cs1)C(C)C. The van der Waals surface area contributed by atoms with Gasteiger partial charge >= 0.3 is 11.9 Å². The van der Waals surface area contributed by atoms with Gasteiger partial charge in [-0.25, -0.2) is 9.78 Å². The molecule has 0 spiro atoms. The van der Waals surface area contributed by atoms with E-state index in [2.05, 4.69) is 10.3 Å². The Hall–Kier alpha value is -2.53. The molecular weight excluding hydrogens is 496 g/mol. The Kier molecular flexibility index (Phi) is 10.6. The van der Waals surface area contributed by atoms with Gasteiger partial charge in [-0.05, 0) is 45.2 Å². The van der Waals surface area contributed by atoms with Crippen LogP contribution >= 0.6 is 11.3 Å². The van der Waals surface area contributed by atoms with Gasteiger partial charge < -0.3 is 20.1 Å². The molecule has 37 heavy (non-hydrogen) atoms. The fraction of sp³-hybridized carbons (Fsp3) is 0.731. The molecule has 1 saturated heterocycles. The number of hydrogen-bond acceptors (Lipinski definition) is 8. The number of aromatic carboxylic acids is 1. The largest absolute Gasteiger partial charge is 0.476 e. The third-order valence-corrected chi connectivity index (χ3v) is 8.59. The van der Waals surface area contributed by atoms with Crippen LogP contribution in [-0.4, -0.2) is 81.9 Å². The first-order valence-electron chi connectivity index (χ1n) is 12.9. The fourth-order valence-electron chi connectivity index (χ4n) is 4.78. The number of esters is 1. The summed E-state index contributed by atoms with van der Waals surface area (Å²) in [5.41, 5.74) is -0.776. The minimum absolute atomic E-state index is 0.0160. The van der Waals surface area contributed by atoms with E-state index in [1.54, 1.807) is 11.9 Å². The number of likely N-dealkylation sites (N-methyl/N-ethyl adjacent to an activating group) is 2. The number of ether oxygens (including phenoxy) is 1. The molecular formula is C26H42N4O6S. The standard InChI is InChI=1S/C26H42N4O6S/c1-9-16(4)21(28-25(35)26(6)11-10-12-29(26)7)23(32)30(8)19(15(2)3)13-20(36-17(5)31)22-27-18(14-37-22)24(33)34/h14-16,19-21H,9-13H2,1-8H3,(H,28,35)(H,33,34)/t16?,19?,20?,21?,26-/m1/s1. The molecule has 11 heteroatoms. The highest BCUT2D eigenvalue weighted by atomic mass is 32.1. The Morgan fingerprint density at radius 3 is 2.41 bits per heavy atom. The molecule has 2 amide bonds. The number of amides is 2. The number of rotatable bonds is 12. The van der Waals surface area contributed by atoms with E-state index in [9.17, 15) is 24.3 Å². The normalized spacial score (nSPS) is 21.2. The first kappa shape index (κ1) is 30.7. The Bertz CT molecular complexity index is 982. The van der Waals surface area contributed by atoms with Gasteiger partial charge in [0.1, 0.15) is 11.0 Å². The highest BCUT2D eigenvalue weighted by molar-refractivity contribution is 7.09. The van der Waals surface area contributed by atoms with Crippen LogP contribution in [0.5, 0.6) is 0 Å². The van der Waals surface area contributed by atoms with Gasteiger partial charge in [-0.15, -0.1) is 11.3 Å². The summed E-state index contributed by atoms with van der Waals surface area (Å²) in [5, 5.41) is 14.1. The average molecular weight is 539 g/mol. The summed E-state index contributed by atoms with van der Waals surface area (Å²) >= 11 is 1.10. The molecule has 1 aromatic heterocycles. The van der Waals surface area contributed by atoms with Crippen molar-refractivity contribution < 1.29 is 29.0 Å². The molecule has 2 rings (SSSR count). The number of carbonyl (C=O) groups excluding carboxylic acids is 3. The van der Waals surface area contributed by atoms with Crippen molar-refractivity contribution in [2.75, 3.05) is 20.6 Å². The first-order chi connectivity index (χ1) is 17.2. The van der Waals surface area contributed by atoms with Crippen molar-refractivity contribution in [3.05, 3.63) is 16.1 Å². The molecule has 1 fully saturated rings. The molecule has 0 saturated carbocycles. The first-order valence-corrected chi connectivity index (χ1v) is 13.8. The van der Waals surface area contributed by atoms with Gasteiger partial charge in [-0.1, -0.05) is 34.1 Å². The lowest BCUT2D eigenvalue weighted by molar-refractivity contribution is -0.149. The van der Waals surface area contributed by atoms with Crippen molar-refractivity contribution >= 4 is 35.1 Å². The van der Waals surface area contributed by atoms with E-state index in [-0.39, 0.29) is 41.8 Å². The van der Waals surface area contributed by atoms with Gasteiger partial charge in [-0.3, -0.25) is 19.3 Å². The summed E-state index contributed by atoms with van der Waals surface area (Å²) in [6.07, 6.45) is 1.80. The molecule has 10 nitrogen and oxygen atoms in total. The summed E-state index contributed by atoms with van der Waals surface area (Å²) in [6, 6.07) is -1.07. The van der Waals surface area contributed by atoms with Gasteiger partial charge in [0.2, 0.25) is 11.8 Å². The van der Waals surface area contributed by atoms with Gasteiger partial charge in [0, 0.05) is 31.8 Å². The fourth-order valence-corrected chi connectivity index (χ4v) is 5.61. The zero-order valence-electron chi connectivity index (χ0n) is 23.2. The van der Waals surface area contributed by atoms with Crippen LogP contribution in [0.25, 0.3) is 0 Å². The molecule has 0 bridgehead atoms. The number of aromatic nitrogens is 1. The summed E-state index contributed by atoms with van der Waals surface area (Å²) in [7, 11) is 3.63. The molecule has 1 aliphatic rings. The molecule has 5 atom stereocenters. The number of thiazole rings is 1. The predicted octanol–water partition coefficient (Wildman–Crippen LogP) is 3.33. The van der Waals surface area contributed by atoms with Crippen LogP contribution in [0.3, 0.4) is 0 Å². The summed E-state index contributed by atoms with van der Waals surface area (Å²) in [4.78, 5) is 58.2. The molecule has 1 aliphatic heterocycles. The lowest BCUT2D eigenvalue weighted by Crippen LogP contribution is -2.60. The Labute approximate surface area is 223 Å². The van der Waals surface area contributed by atoms with E-state index in [4.69, 9.17) is 4.74 Å². The summed E-state index contributed by atoms with van der Waals surface area (Å²) in [6.45, 7) is 11.9. The van der Waals surface area contributed by atoms with E-state index in [1.807, 2.05) is 46.6 Å². The third kappa shape index (κ3) is 7.28. The lowest BCUT2D eigenvalue weighted by atomic mass is 9.91. The van der Waals surface area contributed by atoms with Gasteiger partial charge in [0.15, 0.2) is 11.8 Å². The van der Waals surface area contributed by atoms with Crippen molar-refractivity contribution in [1.82, 2.24) is 20.1 Å². The lowest BCUT2D eigenvalue weighted by Gasteiger charge is -2.38. The van der Waals surface area contributed by atoms with Crippen molar-refractivity contribution in [3.8, 4) is 0 Å². The molecule has 208 valence electrons. The molecule has 0 aromatic carbocycles. The Balaban J connectivity index is 2.31. The van der Waals surface area contributed by atoms with E-state index in [1.165, 1.54) is 12.3 Å². The van der Waals surface area contributed by atoms with Crippen molar-refractivity contribution in [2.24, 2.45) is 11.8 Å². The van der Waals surface area contributed by atoms with Crippen LogP contribution in [0.15, 0.2) is 5.38 Å². The van der Waals surface area contributed by atoms with E-state index in [0.29, 0.717) is 11.4 Å². The third-order valence-electron chi connectivity index (χ3n) is 7.65. The monoisotopic (exact) mass is 538 g/mol. The van der Waals surface area contributed by atoms with Crippen LogP contribution in [-0.2, 0) is 19.1 Å². The van der Waals surface area contributed by atoms with E-state index >= 15 is 0 Å². The van der Waals surface area contributed by atoms with Crippen molar-refractivity contribution in [2.45, 2.75) is 91.0 Å². The van der Waals surface area contributed by atoms with Crippen LogP contribution in [0.4, 0.5) is 0 Å². The summed E-state index contributed by atoms with van der Waals surface area (Å²) < 4.78 is 5.53. The maximum absolute atomic E-state index is 13.9. The van der Waals surface area contributed by atoms with Crippen LogP contribution in [0.2, 0.25) is 0 Å². The minimum atomic E-state index is -1.16. The maximum Gasteiger partial charge on any atom is 0.355 e. The van der Waals surface area contributed by atoms with Crippen LogP contribution in [0.1, 0.15) is 88.8 Å². The maximum atomic E-state index is 13.9. The van der Waals surface area contributed by atoms with E-state index < -0.39 is 29.6 Å². The highest BCUT2D eigenvalue weighted by Gasteiger charge is 2.43. The molecule has 1 aromatic rings. The molecule has 2 heterocycles. The van der Waals surface area contributed by atoms with Gasteiger partial charge in [-0.2, -0.15) is 0 Å². The Morgan fingerprint density at radius 1 is 1.30 bits per heavy atom. The number of carboxylic acid groups (broad SMARTS) is 1. The summed E-state index contributed by atoms with van der Waals surface area (Å²) in [5.74, 6) is -2.15. The van der Waals surface area contributed by atoms with Crippen LogP contribution < -0.4 is 5.32 Å². The number of likely N-dealkylation sites (tertiary alicyclic amines) is 1. The topological polar surface area (TPSA) is 129 Å². The molecule has 0 radical (unpaired) electrons. The number of carboxylic acids is 1. The Morgan fingerprint density at radius 2 is 1.95 bits per heavy atom. The van der Waals surface area contributed by atoms with Crippen molar-refractivity contribution in [1.29, 1.82) is 0 Å². The second-order valence-corrected chi connectivity index (χ2v) is 11.5. The highest BCUT2D eigenvalue weighted by Crippen LogP contribution is 2.31. The van der Waals surface area contributed by atoms with E-state index in [0.717, 1.165) is 30.7 Å². The minimum Gasteiger partial charge on any atom is -0.476 e. The number of hydrogen-bond donors (Lipinski definition) is 2. The number of nitrogens with one attached hydrogen (secondary N) is 1. The smallest absolute Gasteiger partial charge is 0.355 e. The second kappa shape index (κ2) is 12.8. The zero-order chi connectivity index (χ0) is 28.1. The van der Waals surface area contributed by atoms with Gasteiger partial charge in [0.25, 0.3) is 0 Å². The quantitative estimate of drug-likeness (QED) is 0.388. The average Bonchev–Trinajstić information content (AvgIpc) is 3.46.